The van der Waals surface area contributed by atoms with Crippen LogP contribution >= 0.6 is 0 Å². The number of nitrogens with zero attached hydrogens (tertiary/aromatic N) is 2. The molecule has 0 atom stereocenters. The first-order chi connectivity index (χ1) is 7.80. The van der Waals surface area contributed by atoms with Crippen molar-refractivity contribution >= 4 is 10.0 Å². The Morgan fingerprint density at radius 1 is 1.53 bits per heavy atom. The molecule has 0 radical (unpaired) electrons. The van der Waals surface area contributed by atoms with Crippen molar-refractivity contribution in [3.63, 3.8) is 0 Å². The lowest BCUT2D eigenvalue weighted by Gasteiger charge is -2.08. The van der Waals surface area contributed by atoms with Gasteiger partial charge in [0.1, 0.15) is 5.82 Å². The summed E-state index contributed by atoms with van der Waals surface area (Å²) < 4.78 is 29.3. The summed E-state index contributed by atoms with van der Waals surface area (Å²) in [5.74, 6) is 1.10. The fourth-order valence-electron chi connectivity index (χ4n) is 1.32. The van der Waals surface area contributed by atoms with Crippen LogP contribution in [0.25, 0.3) is 0 Å². The highest BCUT2D eigenvalue weighted by Crippen LogP contribution is 2.07. The molecule has 2 N–H and O–H groups in total. The van der Waals surface area contributed by atoms with Gasteiger partial charge in [-0.25, -0.2) is 18.5 Å². The number of ether oxygens (including phenoxy) is 1. The second kappa shape index (κ2) is 5.61. The first-order valence-corrected chi connectivity index (χ1v) is 6.99. The molecule has 0 saturated heterocycles. The van der Waals surface area contributed by atoms with Crippen LogP contribution in [0.1, 0.15) is 19.7 Å². The zero-order valence-electron chi connectivity index (χ0n) is 10.4. The Bertz CT molecular complexity index is 465. The van der Waals surface area contributed by atoms with Crippen LogP contribution in [0.5, 0.6) is 0 Å². The Hall–Kier alpha value is -0.920. The number of hydrogen-bond acceptors (Lipinski definition) is 4. The largest absolute Gasteiger partial charge is 0.379 e. The molecule has 0 aliphatic rings. The molecule has 0 saturated carbocycles. The van der Waals surface area contributed by atoms with Crippen LogP contribution in [-0.2, 0) is 21.3 Å². The van der Waals surface area contributed by atoms with Gasteiger partial charge in [-0.2, -0.15) is 0 Å². The van der Waals surface area contributed by atoms with Crippen molar-refractivity contribution in [1.29, 1.82) is 0 Å². The quantitative estimate of drug-likeness (QED) is 0.756. The van der Waals surface area contributed by atoms with Gasteiger partial charge < -0.3 is 9.30 Å². The van der Waals surface area contributed by atoms with Crippen molar-refractivity contribution in [1.82, 2.24) is 9.55 Å². The first-order valence-electron chi connectivity index (χ1n) is 5.45. The molecule has 0 unspecified atom stereocenters. The van der Waals surface area contributed by atoms with Gasteiger partial charge >= 0.3 is 0 Å². The third-order valence-electron chi connectivity index (χ3n) is 2.17. The number of hydrogen-bond donors (Lipinski definition) is 1. The van der Waals surface area contributed by atoms with Gasteiger partial charge in [0.2, 0.25) is 0 Å². The van der Waals surface area contributed by atoms with E-state index in [9.17, 15) is 8.42 Å². The lowest BCUT2D eigenvalue weighted by atomic mass is 10.2. The molecule has 0 spiro atoms. The van der Waals surface area contributed by atoms with Gasteiger partial charge in [-0.15, -0.1) is 0 Å². The topological polar surface area (TPSA) is 87.2 Å². The van der Waals surface area contributed by atoms with E-state index in [0.717, 1.165) is 0 Å². The lowest BCUT2D eigenvalue weighted by Crippen LogP contribution is -2.12. The number of aromatic nitrogens is 2. The highest BCUT2D eigenvalue weighted by molar-refractivity contribution is 7.89. The van der Waals surface area contributed by atoms with Crippen LogP contribution < -0.4 is 5.14 Å². The molecule has 0 aromatic carbocycles. The second-order valence-electron chi connectivity index (χ2n) is 4.33. The van der Waals surface area contributed by atoms with E-state index in [1.54, 1.807) is 11.5 Å². The molecule has 17 heavy (non-hydrogen) atoms. The highest BCUT2D eigenvalue weighted by Gasteiger charge is 2.13. The van der Waals surface area contributed by atoms with Gasteiger partial charge in [0, 0.05) is 19.3 Å². The first kappa shape index (κ1) is 14.1. The molecule has 0 amide bonds. The number of primary sulfonamides is 1. The summed E-state index contributed by atoms with van der Waals surface area (Å²) in [6.07, 6.45) is 1.43. The van der Waals surface area contributed by atoms with Crippen LogP contribution in [0.2, 0.25) is 0 Å². The zero-order chi connectivity index (χ0) is 13.1. The minimum atomic E-state index is -3.72. The summed E-state index contributed by atoms with van der Waals surface area (Å²) in [4.78, 5) is 3.89. The van der Waals surface area contributed by atoms with Gasteiger partial charge in [0.05, 0.1) is 6.61 Å². The zero-order valence-corrected chi connectivity index (χ0v) is 11.2. The van der Waals surface area contributed by atoms with Crippen molar-refractivity contribution in [3.8, 4) is 0 Å². The molecule has 6 nitrogen and oxygen atoms in total. The molecular weight excluding hydrogens is 242 g/mol. The normalized spacial score (nSPS) is 12.3. The van der Waals surface area contributed by atoms with Crippen LogP contribution in [0.15, 0.2) is 11.2 Å². The van der Waals surface area contributed by atoms with Crippen LogP contribution in [0.3, 0.4) is 0 Å². The molecule has 1 aromatic rings. The third kappa shape index (κ3) is 4.45. The van der Waals surface area contributed by atoms with Crippen molar-refractivity contribution in [2.75, 3.05) is 13.2 Å². The average Bonchev–Trinajstić information content (AvgIpc) is 2.54. The Balaban J connectivity index is 2.58. The van der Waals surface area contributed by atoms with Crippen LogP contribution in [0, 0.1) is 12.8 Å². The van der Waals surface area contributed by atoms with Gasteiger partial charge in [0.25, 0.3) is 10.0 Å². The predicted octanol–water partition coefficient (Wildman–Crippen LogP) is 0.512. The molecule has 1 rings (SSSR count). The number of imidazole rings is 1. The smallest absolute Gasteiger partial charge is 0.257 e. The molecule has 0 fully saturated rings. The molecular formula is C10H19N3O3S. The van der Waals surface area contributed by atoms with Crippen LogP contribution in [0.4, 0.5) is 0 Å². The Morgan fingerprint density at radius 2 is 2.18 bits per heavy atom. The minimum absolute atomic E-state index is 0.0983. The van der Waals surface area contributed by atoms with Crippen molar-refractivity contribution < 1.29 is 13.2 Å². The number of sulfonamides is 1. The van der Waals surface area contributed by atoms with Gasteiger partial charge in [-0.05, 0) is 12.8 Å². The fourth-order valence-corrected chi connectivity index (χ4v) is 1.86. The summed E-state index contributed by atoms with van der Waals surface area (Å²) in [6.45, 7) is 7.66. The molecule has 98 valence electrons. The monoisotopic (exact) mass is 261 g/mol. The van der Waals surface area contributed by atoms with Gasteiger partial charge in [-0.1, -0.05) is 13.8 Å². The molecule has 0 aliphatic carbocycles. The Kier molecular flexibility index (Phi) is 4.67. The van der Waals surface area contributed by atoms with E-state index in [4.69, 9.17) is 9.88 Å². The Morgan fingerprint density at radius 3 is 2.65 bits per heavy atom. The predicted molar refractivity (Wildman–Crippen MR) is 64.0 cm³/mol. The molecule has 1 heterocycles. The summed E-state index contributed by atoms with van der Waals surface area (Å²) >= 11 is 0. The van der Waals surface area contributed by atoms with E-state index in [1.807, 2.05) is 0 Å². The lowest BCUT2D eigenvalue weighted by molar-refractivity contribution is 0.103. The third-order valence-corrected chi connectivity index (χ3v) is 2.95. The Labute approximate surface area is 102 Å². The van der Waals surface area contributed by atoms with Gasteiger partial charge in [-0.3, -0.25) is 0 Å². The maximum Gasteiger partial charge on any atom is 0.257 e. The SMILES string of the molecule is Cc1nc(S(N)(=O)=O)cn1CCOCC(C)C. The number of aryl methyl sites for hydroxylation is 1. The van der Waals surface area contributed by atoms with Gasteiger partial charge in [0.15, 0.2) is 5.03 Å². The van der Waals surface area contributed by atoms with Crippen LogP contribution in [-0.4, -0.2) is 31.2 Å². The van der Waals surface area contributed by atoms with E-state index in [2.05, 4.69) is 18.8 Å². The summed E-state index contributed by atoms with van der Waals surface area (Å²) in [5.41, 5.74) is 0. The molecule has 7 heteroatoms. The minimum Gasteiger partial charge on any atom is -0.379 e. The summed E-state index contributed by atoms with van der Waals surface area (Å²) in [5, 5.41) is 4.90. The average molecular weight is 261 g/mol. The van der Waals surface area contributed by atoms with Crippen molar-refractivity contribution in [3.05, 3.63) is 12.0 Å². The van der Waals surface area contributed by atoms with E-state index in [-0.39, 0.29) is 5.03 Å². The van der Waals surface area contributed by atoms with Crippen molar-refractivity contribution in [2.45, 2.75) is 32.3 Å². The van der Waals surface area contributed by atoms with E-state index < -0.39 is 10.0 Å². The maximum absolute atomic E-state index is 11.1. The standard InChI is InChI=1S/C10H19N3O3S/c1-8(2)7-16-5-4-13-6-10(12-9(13)3)17(11,14)15/h6,8H,4-5,7H2,1-3H3,(H2,11,14,15). The molecule has 0 aliphatic heterocycles. The number of nitrogens with two attached hydrogens (primary N) is 1. The number of rotatable bonds is 6. The van der Waals surface area contributed by atoms with E-state index in [1.165, 1.54) is 6.20 Å². The fraction of sp³-hybridized carbons (Fsp3) is 0.700. The molecule has 0 bridgehead atoms. The summed E-state index contributed by atoms with van der Waals surface area (Å²) in [7, 11) is -3.72. The summed E-state index contributed by atoms with van der Waals surface area (Å²) in [6, 6.07) is 0. The second-order valence-corrected chi connectivity index (χ2v) is 5.84. The maximum atomic E-state index is 11.1. The van der Waals surface area contributed by atoms with E-state index >= 15 is 0 Å². The van der Waals surface area contributed by atoms with E-state index in [0.29, 0.717) is 31.5 Å². The molecule has 1 aromatic heterocycles. The highest BCUT2D eigenvalue weighted by atomic mass is 32.2. The van der Waals surface area contributed by atoms with Crippen molar-refractivity contribution in [2.24, 2.45) is 11.1 Å².